The predicted molar refractivity (Wildman–Crippen MR) is 139 cm³/mol. The molecule has 4 heterocycles. The molecule has 0 radical (unpaired) electrons. The number of rotatable bonds is 6. The molecule has 0 bridgehead atoms. The van der Waals surface area contributed by atoms with Crippen LogP contribution >= 0.6 is 0 Å². The number of hydrogen-bond donors (Lipinski definition) is 2. The van der Waals surface area contributed by atoms with Gasteiger partial charge in [-0.2, -0.15) is 5.10 Å². The van der Waals surface area contributed by atoms with Gasteiger partial charge in [0.05, 0.1) is 47.6 Å². The maximum Gasteiger partial charge on any atom is 0.156 e. The zero-order chi connectivity index (χ0) is 25.4. The molecule has 0 aliphatic carbocycles. The van der Waals surface area contributed by atoms with Crippen molar-refractivity contribution in [2.24, 2.45) is 7.05 Å². The van der Waals surface area contributed by atoms with Crippen LogP contribution in [0.1, 0.15) is 6.92 Å². The summed E-state index contributed by atoms with van der Waals surface area (Å²) in [5.74, 6) is 0.630. The standard InChI is InChI=1S/C27H26FN7O2/c1-16(23-14-36-9-8-30-23)37-24-11-17(18-12-33-35(2)13-18)10-22-25(24)27(32-15-31-22)34-21-6-5-20-19(26(21)28)4-3-7-29-20/h3-7,10-13,15-16,23,30H,8-9,14H2,1-2H3,(H,31,32,34)/t16-,23-/m1/s1. The fraction of sp³-hybridized carbons (Fsp3) is 0.259. The molecule has 9 nitrogen and oxygen atoms in total. The summed E-state index contributed by atoms with van der Waals surface area (Å²) in [4.78, 5) is 13.2. The molecular weight excluding hydrogens is 473 g/mol. The van der Waals surface area contributed by atoms with Gasteiger partial charge < -0.3 is 20.1 Å². The van der Waals surface area contributed by atoms with E-state index in [1.54, 1.807) is 41.3 Å². The normalized spacial score (nSPS) is 16.7. The van der Waals surface area contributed by atoms with Gasteiger partial charge in [-0.25, -0.2) is 14.4 Å². The second kappa shape index (κ2) is 9.72. The molecule has 3 aromatic heterocycles. The topological polar surface area (TPSA) is 99.0 Å². The van der Waals surface area contributed by atoms with E-state index in [1.165, 1.54) is 6.33 Å². The van der Waals surface area contributed by atoms with Crippen molar-refractivity contribution in [1.29, 1.82) is 0 Å². The smallest absolute Gasteiger partial charge is 0.156 e. The van der Waals surface area contributed by atoms with Gasteiger partial charge in [-0.1, -0.05) is 0 Å². The Hall–Kier alpha value is -4.15. The van der Waals surface area contributed by atoms with Crippen LogP contribution in [0.3, 0.4) is 0 Å². The molecule has 0 amide bonds. The molecule has 2 aromatic carbocycles. The Kier molecular flexibility index (Phi) is 6.11. The minimum absolute atomic E-state index is 0.0253. The van der Waals surface area contributed by atoms with Gasteiger partial charge in [-0.15, -0.1) is 0 Å². The van der Waals surface area contributed by atoms with E-state index in [-0.39, 0.29) is 17.8 Å². The summed E-state index contributed by atoms with van der Waals surface area (Å²) in [5, 5.41) is 12.0. The lowest BCUT2D eigenvalue weighted by Gasteiger charge is -2.30. The first kappa shape index (κ1) is 23.3. The monoisotopic (exact) mass is 499 g/mol. The first-order chi connectivity index (χ1) is 18.1. The largest absolute Gasteiger partial charge is 0.488 e. The van der Waals surface area contributed by atoms with Crippen molar-refractivity contribution in [3.05, 3.63) is 67.1 Å². The highest BCUT2D eigenvalue weighted by atomic mass is 19.1. The van der Waals surface area contributed by atoms with Crippen LogP contribution in [0.15, 0.2) is 61.3 Å². The number of ether oxygens (including phenoxy) is 2. The number of morpholine rings is 1. The maximum absolute atomic E-state index is 15.4. The summed E-state index contributed by atoms with van der Waals surface area (Å²) in [6.07, 6.45) is 6.63. The molecule has 2 atom stereocenters. The van der Waals surface area contributed by atoms with Crippen molar-refractivity contribution < 1.29 is 13.9 Å². The number of halogens is 1. The van der Waals surface area contributed by atoms with Crippen molar-refractivity contribution in [2.75, 3.05) is 25.1 Å². The molecule has 1 fully saturated rings. The number of benzene rings is 2. The molecule has 1 aliphatic heterocycles. The Balaban J connectivity index is 1.45. The number of aromatic nitrogens is 5. The highest BCUT2D eigenvalue weighted by molar-refractivity contribution is 5.99. The molecule has 0 saturated carbocycles. The molecule has 37 heavy (non-hydrogen) atoms. The van der Waals surface area contributed by atoms with Crippen LogP contribution in [0.4, 0.5) is 15.9 Å². The molecular formula is C27H26FN7O2. The van der Waals surface area contributed by atoms with E-state index < -0.39 is 5.82 Å². The van der Waals surface area contributed by atoms with E-state index in [0.717, 1.165) is 17.7 Å². The van der Waals surface area contributed by atoms with Gasteiger partial charge in [0.1, 0.15) is 24.0 Å². The molecule has 0 unspecified atom stereocenters. The third-order valence-corrected chi connectivity index (χ3v) is 6.54. The van der Waals surface area contributed by atoms with E-state index in [9.17, 15) is 0 Å². The molecule has 5 aromatic rings. The highest BCUT2D eigenvalue weighted by Gasteiger charge is 2.24. The highest BCUT2D eigenvalue weighted by Crippen LogP contribution is 2.37. The lowest BCUT2D eigenvalue weighted by Crippen LogP contribution is -2.49. The summed E-state index contributed by atoms with van der Waals surface area (Å²) >= 11 is 0. The Bertz CT molecular complexity index is 1580. The molecule has 2 N–H and O–H groups in total. The minimum Gasteiger partial charge on any atom is -0.488 e. The van der Waals surface area contributed by atoms with Gasteiger partial charge in [-0.3, -0.25) is 9.67 Å². The van der Waals surface area contributed by atoms with E-state index >= 15 is 4.39 Å². The van der Waals surface area contributed by atoms with Crippen molar-refractivity contribution >= 4 is 33.3 Å². The van der Waals surface area contributed by atoms with E-state index in [4.69, 9.17) is 9.47 Å². The van der Waals surface area contributed by atoms with Gasteiger partial charge in [0.25, 0.3) is 0 Å². The van der Waals surface area contributed by atoms with Crippen molar-refractivity contribution in [1.82, 2.24) is 30.0 Å². The van der Waals surface area contributed by atoms with Gasteiger partial charge in [0.2, 0.25) is 0 Å². The lowest BCUT2D eigenvalue weighted by molar-refractivity contribution is 0.0342. The zero-order valence-corrected chi connectivity index (χ0v) is 20.5. The molecule has 0 spiro atoms. The number of nitrogens with zero attached hydrogens (tertiary/aromatic N) is 5. The fourth-order valence-corrected chi connectivity index (χ4v) is 4.59. The van der Waals surface area contributed by atoms with Crippen LogP contribution in [0, 0.1) is 5.82 Å². The second-order valence-corrected chi connectivity index (χ2v) is 9.07. The predicted octanol–water partition coefficient (Wildman–Crippen LogP) is 4.22. The Morgan fingerprint density at radius 2 is 2.08 bits per heavy atom. The average Bonchev–Trinajstić information content (AvgIpc) is 3.37. The number of anilines is 2. The van der Waals surface area contributed by atoms with Crippen LogP contribution in [-0.4, -0.2) is 56.6 Å². The number of fused-ring (bicyclic) bond motifs is 2. The van der Waals surface area contributed by atoms with Crippen LogP contribution < -0.4 is 15.4 Å². The molecule has 10 heteroatoms. The molecule has 1 saturated heterocycles. The molecule has 1 aliphatic rings. The van der Waals surface area contributed by atoms with Crippen LogP contribution in [0.25, 0.3) is 32.9 Å². The first-order valence-corrected chi connectivity index (χ1v) is 12.1. The zero-order valence-electron chi connectivity index (χ0n) is 20.5. The first-order valence-electron chi connectivity index (χ1n) is 12.1. The quantitative estimate of drug-likeness (QED) is 0.358. The van der Waals surface area contributed by atoms with Crippen molar-refractivity contribution in [3.63, 3.8) is 0 Å². The van der Waals surface area contributed by atoms with Crippen molar-refractivity contribution in [3.8, 4) is 16.9 Å². The minimum atomic E-state index is -0.399. The Morgan fingerprint density at radius 3 is 2.89 bits per heavy atom. The third-order valence-electron chi connectivity index (χ3n) is 6.54. The Morgan fingerprint density at radius 1 is 1.16 bits per heavy atom. The number of aryl methyl sites for hydroxylation is 1. The summed E-state index contributed by atoms with van der Waals surface area (Å²) in [6, 6.07) is 10.8. The number of nitrogens with one attached hydrogen (secondary N) is 2. The summed E-state index contributed by atoms with van der Waals surface area (Å²) < 4.78 is 29.3. The lowest BCUT2D eigenvalue weighted by atomic mass is 10.1. The van der Waals surface area contributed by atoms with Gasteiger partial charge in [-0.05, 0) is 48.9 Å². The summed E-state index contributed by atoms with van der Waals surface area (Å²) in [6.45, 7) is 4.00. The second-order valence-electron chi connectivity index (χ2n) is 9.07. The fourth-order valence-electron chi connectivity index (χ4n) is 4.59. The summed E-state index contributed by atoms with van der Waals surface area (Å²) in [7, 11) is 1.87. The van der Waals surface area contributed by atoms with Gasteiger partial charge >= 0.3 is 0 Å². The van der Waals surface area contributed by atoms with Crippen LogP contribution in [-0.2, 0) is 11.8 Å². The SMILES string of the molecule is C[C@@H](Oc1cc(-c2cnn(C)c2)cc2ncnc(Nc3ccc4ncccc4c3F)c12)[C@H]1COCCN1. The van der Waals surface area contributed by atoms with Gasteiger partial charge in [0, 0.05) is 36.9 Å². The maximum atomic E-state index is 15.4. The van der Waals surface area contributed by atoms with Crippen molar-refractivity contribution in [2.45, 2.75) is 19.1 Å². The van der Waals surface area contributed by atoms with Gasteiger partial charge in [0.15, 0.2) is 5.82 Å². The summed E-state index contributed by atoms with van der Waals surface area (Å²) in [5.41, 5.74) is 3.37. The van der Waals surface area contributed by atoms with Crippen LogP contribution in [0.2, 0.25) is 0 Å². The molecule has 6 rings (SSSR count). The number of pyridine rings is 1. The number of hydrogen-bond acceptors (Lipinski definition) is 8. The van der Waals surface area contributed by atoms with Crippen LogP contribution in [0.5, 0.6) is 5.75 Å². The van der Waals surface area contributed by atoms with E-state index in [1.807, 2.05) is 32.3 Å². The van der Waals surface area contributed by atoms with E-state index in [2.05, 4.69) is 30.7 Å². The molecule has 188 valence electrons. The van der Waals surface area contributed by atoms with E-state index in [0.29, 0.717) is 46.6 Å². The average molecular weight is 500 g/mol. The Labute approximate surface area is 212 Å². The third kappa shape index (κ3) is 4.56.